The summed E-state index contributed by atoms with van der Waals surface area (Å²) in [4.78, 5) is 9.37. The molecule has 0 N–H and O–H groups in total. The molecule has 2 heterocycles. The Morgan fingerprint density at radius 2 is 2.00 bits per heavy atom. The predicted molar refractivity (Wildman–Crippen MR) is 92.4 cm³/mol. The van der Waals surface area contributed by atoms with E-state index in [1.165, 1.54) is 19.4 Å². The number of aromatic nitrogens is 2. The minimum Gasteiger partial charge on any atom is -0.377 e. The fourth-order valence-corrected chi connectivity index (χ4v) is 3.84. The lowest BCUT2D eigenvalue weighted by atomic mass is 9.80. The van der Waals surface area contributed by atoms with Crippen molar-refractivity contribution in [2.24, 2.45) is 11.8 Å². The quantitative estimate of drug-likeness (QED) is 0.744. The molecule has 0 saturated carbocycles. The molecule has 2 aliphatic rings. The molecule has 1 aromatic heterocycles. The van der Waals surface area contributed by atoms with Crippen LogP contribution in [-0.4, -0.2) is 59.8 Å². The van der Waals surface area contributed by atoms with Crippen LogP contribution in [0.25, 0.3) is 0 Å². The number of nitrogens with zero attached hydrogens (tertiary/aromatic N) is 4. The van der Waals surface area contributed by atoms with Gasteiger partial charge < -0.3 is 14.2 Å². The summed E-state index contributed by atoms with van der Waals surface area (Å²) in [6.07, 6.45) is 5.03. The molecule has 1 aliphatic heterocycles. The predicted octanol–water partition coefficient (Wildman–Crippen LogP) is 2.33. The first kappa shape index (κ1) is 17.6. The van der Waals surface area contributed by atoms with Gasteiger partial charge in [0, 0.05) is 39.8 Å². The Labute approximate surface area is 144 Å². The second-order valence-electron chi connectivity index (χ2n) is 7.22. The molecule has 0 radical (unpaired) electrons. The molecule has 6 heteroatoms. The van der Waals surface area contributed by atoms with Crippen molar-refractivity contribution in [3.63, 3.8) is 0 Å². The van der Waals surface area contributed by atoms with E-state index < -0.39 is 0 Å². The second kappa shape index (κ2) is 8.23. The second-order valence-corrected chi connectivity index (χ2v) is 7.22. The molecule has 0 unspecified atom stereocenters. The van der Waals surface area contributed by atoms with Crippen LogP contribution in [0.2, 0.25) is 0 Å². The van der Waals surface area contributed by atoms with E-state index in [4.69, 9.17) is 9.26 Å². The summed E-state index contributed by atoms with van der Waals surface area (Å²) in [6.45, 7) is 11.4. The summed E-state index contributed by atoms with van der Waals surface area (Å²) in [6, 6.07) is 0. The molecule has 1 fully saturated rings. The van der Waals surface area contributed by atoms with Crippen LogP contribution < -0.4 is 0 Å². The zero-order chi connectivity index (χ0) is 16.9. The van der Waals surface area contributed by atoms with Crippen molar-refractivity contribution in [2.75, 3.05) is 39.8 Å². The van der Waals surface area contributed by atoms with Crippen molar-refractivity contribution in [3.8, 4) is 0 Å². The van der Waals surface area contributed by atoms with Crippen molar-refractivity contribution < 1.29 is 9.26 Å². The molecule has 0 bridgehead atoms. The van der Waals surface area contributed by atoms with Crippen LogP contribution >= 0.6 is 0 Å². The van der Waals surface area contributed by atoms with Crippen molar-refractivity contribution in [1.29, 1.82) is 0 Å². The number of methoxy groups -OCH3 is 1. The third-order valence-electron chi connectivity index (χ3n) is 5.42. The van der Waals surface area contributed by atoms with E-state index in [-0.39, 0.29) is 0 Å². The van der Waals surface area contributed by atoms with E-state index in [1.54, 1.807) is 12.7 Å². The molecular formula is C18H30N4O2. The summed E-state index contributed by atoms with van der Waals surface area (Å²) in [7, 11) is 1.64. The maximum absolute atomic E-state index is 5.29. The summed E-state index contributed by atoms with van der Waals surface area (Å²) in [5.41, 5.74) is 1.59. The Hall–Kier alpha value is -1.24. The first-order valence-corrected chi connectivity index (χ1v) is 9.07. The van der Waals surface area contributed by atoms with Crippen LogP contribution in [0.5, 0.6) is 0 Å². The van der Waals surface area contributed by atoms with E-state index in [2.05, 4.69) is 39.9 Å². The van der Waals surface area contributed by atoms with Gasteiger partial charge in [0.2, 0.25) is 5.89 Å². The number of ether oxygens (including phenoxy) is 1. The number of piperazine rings is 1. The third-order valence-corrected chi connectivity index (χ3v) is 5.42. The van der Waals surface area contributed by atoms with Crippen molar-refractivity contribution >= 4 is 0 Å². The standard InChI is InChI=1S/C18H30N4O2/c1-14-5-4-6-15(2)16(14)11-21-7-9-22(10-8-21)12-18-19-17(13-23-3)20-24-18/h5,15-16H,4,6-13H2,1-3H3/t15-,16-/m0/s1. The average molecular weight is 334 g/mol. The number of hydrogen-bond donors (Lipinski definition) is 0. The van der Waals surface area contributed by atoms with Crippen LogP contribution in [0.4, 0.5) is 0 Å². The van der Waals surface area contributed by atoms with Gasteiger partial charge in [-0.15, -0.1) is 0 Å². The van der Waals surface area contributed by atoms with E-state index >= 15 is 0 Å². The lowest BCUT2D eigenvalue weighted by Crippen LogP contribution is -2.48. The zero-order valence-electron chi connectivity index (χ0n) is 15.2. The molecule has 2 atom stereocenters. The molecule has 6 nitrogen and oxygen atoms in total. The molecule has 0 amide bonds. The lowest BCUT2D eigenvalue weighted by Gasteiger charge is -2.38. The Balaban J connectivity index is 1.45. The highest BCUT2D eigenvalue weighted by Crippen LogP contribution is 2.30. The highest BCUT2D eigenvalue weighted by atomic mass is 16.5. The topological polar surface area (TPSA) is 54.6 Å². The molecule has 1 saturated heterocycles. The van der Waals surface area contributed by atoms with Gasteiger partial charge in [0.05, 0.1) is 6.54 Å². The van der Waals surface area contributed by atoms with Gasteiger partial charge in [-0.1, -0.05) is 23.7 Å². The van der Waals surface area contributed by atoms with Crippen molar-refractivity contribution in [1.82, 2.24) is 19.9 Å². The molecule has 0 spiro atoms. The average Bonchev–Trinajstić information content (AvgIpc) is 3.00. The van der Waals surface area contributed by atoms with Gasteiger partial charge in [0.1, 0.15) is 6.61 Å². The fraction of sp³-hybridized carbons (Fsp3) is 0.778. The van der Waals surface area contributed by atoms with Gasteiger partial charge in [-0.25, -0.2) is 0 Å². The first-order valence-electron chi connectivity index (χ1n) is 9.07. The summed E-state index contributed by atoms with van der Waals surface area (Å²) >= 11 is 0. The van der Waals surface area contributed by atoms with Crippen LogP contribution in [0, 0.1) is 11.8 Å². The van der Waals surface area contributed by atoms with Gasteiger partial charge in [-0.2, -0.15) is 4.98 Å². The van der Waals surface area contributed by atoms with Gasteiger partial charge >= 0.3 is 0 Å². The zero-order valence-corrected chi connectivity index (χ0v) is 15.2. The Morgan fingerprint density at radius 3 is 2.71 bits per heavy atom. The minimum absolute atomic E-state index is 0.406. The third kappa shape index (κ3) is 4.43. The fourth-order valence-electron chi connectivity index (χ4n) is 3.84. The SMILES string of the molecule is COCc1noc(CN2CCN(C[C@H]3C(C)=CCC[C@@H]3C)CC2)n1. The normalized spacial score (nSPS) is 26.5. The Kier molecular flexibility index (Phi) is 6.03. The van der Waals surface area contributed by atoms with E-state index in [0.717, 1.165) is 44.6 Å². The van der Waals surface area contributed by atoms with Crippen LogP contribution in [0.1, 0.15) is 38.4 Å². The number of hydrogen-bond acceptors (Lipinski definition) is 6. The lowest BCUT2D eigenvalue weighted by molar-refractivity contribution is 0.0994. The molecule has 3 rings (SSSR count). The Bertz CT molecular complexity index is 549. The smallest absolute Gasteiger partial charge is 0.240 e. The highest BCUT2D eigenvalue weighted by Gasteiger charge is 2.26. The van der Waals surface area contributed by atoms with Gasteiger partial charge in [0.15, 0.2) is 5.82 Å². The molecular weight excluding hydrogens is 304 g/mol. The molecule has 1 aliphatic carbocycles. The molecule has 0 aromatic carbocycles. The maximum atomic E-state index is 5.29. The molecule has 1 aromatic rings. The van der Waals surface area contributed by atoms with Crippen LogP contribution in [0.3, 0.4) is 0 Å². The summed E-state index contributed by atoms with van der Waals surface area (Å²) in [5.74, 6) is 2.86. The first-order chi connectivity index (χ1) is 11.7. The number of allylic oxidation sites excluding steroid dienone is 1. The maximum Gasteiger partial charge on any atom is 0.240 e. The van der Waals surface area contributed by atoms with Crippen molar-refractivity contribution in [2.45, 2.75) is 39.8 Å². The molecule has 24 heavy (non-hydrogen) atoms. The Morgan fingerprint density at radius 1 is 1.25 bits per heavy atom. The minimum atomic E-state index is 0.406. The highest BCUT2D eigenvalue weighted by molar-refractivity contribution is 5.09. The van der Waals surface area contributed by atoms with Crippen molar-refractivity contribution in [3.05, 3.63) is 23.4 Å². The van der Waals surface area contributed by atoms with E-state index in [0.29, 0.717) is 18.3 Å². The van der Waals surface area contributed by atoms with E-state index in [1.807, 2.05) is 0 Å². The largest absolute Gasteiger partial charge is 0.377 e. The van der Waals surface area contributed by atoms with E-state index in [9.17, 15) is 0 Å². The summed E-state index contributed by atoms with van der Waals surface area (Å²) in [5, 5.41) is 3.93. The molecule has 134 valence electrons. The number of rotatable bonds is 6. The van der Waals surface area contributed by atoms with Gasteiger partial charge in [-0.05, 0) is 31.6 Å². The monoisotopic (exact) mass is 334 g/mol. The summed E-state index contributed by atoms with van der Waals surface area (Å²) < 4.78 is 10.3. The van der Waals surface area contributed by atoms with Gasteiger partial charge in [-0.3, -0.25) is 4.90 Å². The van der Waals surface area contributed by atoms with Crippen LogP contribution in [0.15, 0.2) is 16.2 Å². The van der Waals surface area contributed by atoms with Gasteiger partial charge in [0.25, 0.3) is 0 Å². The van der Waals surface area contributed by atoms with Crippen LogP contribution in [-0.2, 0) is 17.9 Å².